The van der Waals surface area contributed by atoms with Gasteiger partial charge in [-0.2, -0.15) is 0 Å². The first kappa shape index (κ1) is 49.9. The van der Waals surface area contributed by atoms with Crippen LogP contribution in [0.15, 0.2) is 85.1 Å². The Morgan fingerprint density at radius 3 is 2.38 bits per heavy atom. The van der Waals surface area contributed by atoms with E-state index >= 15 is 0 Å². The van der Waals surface area contributed by atoms with Crippen LogP contribution in [0.3, 0.4) is 0 Å². The van der Waals surface area contributed by atoms with Crippen LogP contribution in [-0.4, -0.2) is 169 Å². The summed E-state index contributed by atoms with van der Waals surface area (Å²) in [7, 11) is 0. The van der Waals surface area contributed by atoms with Gasteiger partial charge in [-0.3, -0.25) is 44.0 Å². The number of imide groups is 2. The first-order valence-corrected chi connectivity index (χ1v) is 25.6. The Labute approximate surface area is 424 Å². The molecule has 1 aromatic heterocycles. The number of amides is 5. The molecule has 73 heavy (non-hydrogen) atoms. The van der Waals surface area contributed by atoms with Crippen LogP contribution < -0.4 is 26.0 Å². The van der Waals surface area contributed by atoms with Gasteiger partial charge in [0.05, 0.1) is 62.0 Å². The minimum absolute atomic E-state index is 0.0601. The van der Waals surface area contributed by atoms with Crippen molar-refractivity contribution in [3.8, 4) is 17.0 Å². The maximum absolute atomic E-state index is 13.4. The molecule has 1 unspecified atom stereocenters. The average Bonchev–Trinajstić information content (AvgIpc) is 3.64. The molecule has 1 atom stereocenters. The number of hydrogen-bond donors (Lipinski definition) is 4. The van der Waals surface area contributed by atoms with Crippen LogP contribution in [0.4, 0.5) is 17.3 Å². The lowest BCUT2D eigenvalue weighted by molar-refractivity contribution is -0.136. The molecule has 3 saturated heterocycles. The van der Waals surface area contributed by atoms with Gasteiger partial charge in [-0.1, -0.05) is 36.4 Å². The number of fused-ring (bicyclic) bond motifs is 8. The summed E-state index contributed by atoms with van der Waals surface area (Å²) < 4.78 is 24.7. The van der Waals surface area contributed by atoms with Crippen molar-refractivity contribution in [1.82, 2.24) is 40.2 Å². The summed E-state index contributed by atoms with van der Waals surface area (Å²) in [5.74, 6) is -0.737. The predicted molar refractivity (Wildman–Crippen MR) is 271 cm³/mol. The molecule has 6 aliphatic rings. The minimum Gasteiger partial charge on any atom is -0.492 e. The number of rotatable bonds is 14. The first-order chi connectivity index (χ1) is 35.7. The summed E-state index contributed by atoms with van der Waals surface area (Å²) in [6, 6.07) is 20.3. The Balaban J connectivity index is 0.600. The first-order valence-electron chi connectivity index (χ1n) is 25.6. The van der Waals surface area contributed by atoms with Gasteiger partial charge in [0.2, 0.25) is 23.7 Å². The molecule has 6 heterocycles. The zero-order chi connectivity index (χ0) is 50.1. The number of likely N-dealkylation sites (tertiary alicyclic amines) is 1. The van der Waals surface area contributed by atoms with Gasteiger partial charge in [-0.25, -0.2) is 9.97 Å². The number of nitrogens with zero attached hydrogens (tertiary/aromatic N) is 6. The third-order valence-electron chi connectivity index (χ3n) is 14.4. The average molecular weight is 997 g/mol. The lowest BCUT2D eigenvalue weighted by Crippen LogP contribution is -2.54. The van der Waals surface area contributed by atoms with Crippen molar-refractivity contribution in [2.45, 2.75) is 76.0 Å². The van der Waals surface area contributed by atoms with Gasteiger partial charge in [0, 0.05) is 100 Å². The SMILES string of the molecule is O=C1CCC(N2C(=O)c3cccc(NCCN4CCC(O[C@H]5C[C@H](NC(=O)CN6CCN(CCOc7ccc8cc7COC/C=C/COCc7cccc(c7)-c7ccnc(n7)N8)CC6)C5)CC4)c3C2=O)C(=O)N1. The van der Waals surface area contributed by atoms with Crippen LogP contribution in [0.1, 0.15) is 70.4 Å². The fraction of sp³-hybridized carbons (Fsp3) is 0.463. The van der Waals surface area contributed by atoms with E-state index < -0.39 is 29.7 Å². The van der Waals surface area contributed by atoms with Gasteiger partial charge in [-0.05, 0) is 80.1 Å². The number of hydrogen-bond acceptors (Lipinski definition) is 16. The zero-order valence-electron chi connectivity index (χ0n) is 41.1. The molecule has 4 fully saturated rings. The van der Waals surface area contributed by atoms with E-state index in [0.717, 1.165) is 117 Å². The van der Waals surface area contributed by atoms with Crippen molar-refractivity contribution in [1.29, 1.82) is 0 Å². The van der Waals surface area contributed by atoms with Gasteiger partial charge in [0.1, 0.15) is 18.4 Å². The number of ether oxygens (including phenoxy) is 4. The molecule has 1 aliphatic carbocycles. The molecule has 19 heteroatoms. The summed E-state index contributed by atoms with van der Waals surface area (Å²) in [4.78, 5) is 81.1. The third kappa shape index (κ3) is 12.6. The van der Waals surface area contributed by atoms with E-state index in [9.17, 15) is 24.0 Å². The molecule has 10 rings (SSSR count). The number of carbonyl (C=O) groups excluding carboxylic acids is 5. The molecule has 0 radical (unpaired) electrons. The lowest BCUT2D eigenvalue weighted by Gasteiger charge is -2.40. The quantitative estimate of drug-likeness (QED) is 0.103. The molecule has 6 bridgehead atoms. The summed E-state index contributed by atoms with van der Waals surface area (Å²) >= 11 is 0. The van der Waals surface area contributed by atoms with E-state index in [2.05, 4.69) is 47.0 Å². The Kier molecular flexibility index (Phi) is 16.1. The van der Waals surface area contributed by atoms with Gasteiger partial charge in [-0.15, -0.1) is 0 Å². The number of piperidine rings is 2. The lowest BCUT2D eigenvalue weighted by atomic mass is 9.88. The smallest absolute Gasteiger partial charge is 0.264 e. The number of benzene rings is 3. The molecule has 3 aromatic carbocycles. The van der Waals surface area contributed by atoms with Crippen LogP contribution in [0.25, 0.3) is 11.3 Å². The van der Waals surface area contributed by atoms with Crippen LogP contribution >= 0.6 is 0 Å². The molecule has 19 nitrogen and oxygen atoms in total. The molecule has 1 saturated carbocycles. The standard InChI is InChI=1S/C54H64N10O9/c65-48-12-10-46(51(67)60-48)64-52(68)43-7-4-8-45(50(43)53(64)69)55-17-20-61-18-14-41(15-19-61)73-42-31-40(32-42)57-49(66)33-63-23-21-62(22-24-63)25-28-72-47-11-9-39-30-38(47)35-71-27-2-1-26-70-34-36-5-3-6-37(29-36)44-13-16-56-54(58-39)59-44/h1-9,11,13,16,29-30,40-42,46,55H,10,12,14-15,17-28,31-35H2,(H,57,66)(H,56,58,59)(H,60,65,67)/b2-1+/t40-,42-,46?. The molecule has 0 spiro atoms. The van der Waals surface area contributed by atoms with Crippen molar-refractivity contribution in [3.05, 3.63) is 107 Å². The molecule has 4 aromatic rings. The maximum atomic E-state index is 13.4. The van der Waals surface area contributed by atoms with Crippen LogP contribution in [0, 0.1) is 0 Å². The fourth-order valence-electron chi connectivity index (χ4n) is 10.3. The van der Waals surface area contributed by atoms with Crippen molar-refractivity contribution in [2.24, 2.45) is 0 Å². The molecule has 384 valence electrons. The van der Waals surface area contributed by atoms with E-state index in [1.807, 2.05) is 54.6 Å². The fourth-order valence-corrected chi connectivity index (χ4v) is 10.3. The normalized spacial score (nSPS) is 22.8. The van der Waals surface area contributed by atoms with Crippen molar-refractivity contribution in [2.75, 3.05) is 95.9 Å². The van der Waals surface area contributed by atoms with Gasteiger partial charge in [0.25, 0.3) is 11.8 Å². The number of nitrogens with one attached hydrogen (secondary N) is 4. The van der Waals surface area contributed by atoms with E-state index in [1.165, 1.54) is 0 Å². The zero-order valence-corrected chi connectivity index (χ0v) is 41.1. The highest BCUT2D eigenvalue weighted by molar-refractivity contribution is 6.25. The van der Waals surface area contributed by atoms with Crippen molar-refractivity contribution >= 4 is 46.9 Å². The summed E-state index contributed by atoms with van der Waals surface area (Å²) in [6.07, 6.45) is 9.70. The van der Waals surface area contributed by atoms with E-state index in [-0.39, 0.29) is 48.1 Å². The van der Waals surface area contributed by atoms with Gasteiger partial charge >= 0.3 is 0 Å². The van der Waals surface area contributed by atoms with E-state index in [4.69, 9.17) is 23.9 Å². The topological polar surface area (TPSA) is 209 Å². The van der Waals surface area contributed by atoms with Crippen molar-refractivity contribution < 1.29 is 42.9 Å². The van der Waals surface area contributed by atoms with Crippen LogP contribution in [0.5, 0.6) is 5.75 Å². The number of piperazine rings is 1. The molecule has 4 N–H and O–H groups in total. The second-order valence-electron chi connectivity index (χ2n) is 19.5. The Bertz CT molecular complexity index is 2680. The molecule has 5 aliphatic heterocycles. The largest absolute Gasteiger partial charge is 0.492 e. The number of carbonyl (C=O) groups is 5. The van der Waals surface area contributed by atoms with E-state index in [0.29, 0.717) is 57.8 Å². The summed E-state index contributed by atoms with van der Waals surface area (Å²) in [6.45, 7) is 9.89. The highest BCUT2D eigenvalue weighted by Gasteiger charge is 2.45. The second-order valence-corrected chi connectivity index (χ2v) is 19.5. The minimum atomic E-state index is -0.999. The summed E-state index contributed by atoms with van der Waals surface area (Å²) in [5.41, 5.74) is 5.73. The van der Waals surface area contributed by atoms with Crippen LogP contribution in [0.2, 0.25) is 0 Å². The highest BCUT2D eigenvalue weighted by Crippen LogP contribution is 2.33. The Hall–Kier alpha value is -6.61. The highest BCUT2D eigenvalue weighted by atomic mass is 16.5. The van der Waals surface area contributed by atoms with Gasteiger partial charge < -0.3 is 39.8 Å². The van der Waals surface area contributed by atoms with Crippen LogP contribution in [-0.2, 0) is 41.8 Å². The summed E-state index contributed by atoms with van der Waals surface area (Å²) in [5, 5.41) is 12.2. The number of aromatic nitrogens is 2. The second kappa shape index (κ2) is 23.5. The van der Waals surface area contributed by atoms with Gasteiger partial charge in [0.15, 0.2) is 0 Å². The van der Waals surface area contributed by atoms with E-state index in [1.54, 1.807) is 24.4 Å². The molecular formula is C54H64N10O9. The Morgan fingerprint density at radius 2 is 1.56 bits per heavy atom. The Morgan fingerprint density at radius 1 is 0.781 bits per heavy atom. The van der Waals surface area contributed by atoms with Crippen molar-refractivity contribution in [3.63, 3.8) is 0 Å². The maximum Gasteiger partial charge on any atom is 0.264 e. The predicted octanol–water partition coefficient (Wildman–Crippen LogP) is 4.13. The monoisotopic (exact) mass is 996 g/mol. The molecular weight excluding hydrogens is 933 g/mol. The molecule has 5 amide bonds. The number of anilines is 3. The third-order valence-corrected chi connectivity index (χ3v) is 14.4.